The van der Waals surface area contributed by atoms with Gasteiger partial charge in [-0.15, -0.1) is 0 Å². The minimum Gasteiger partial charge on any atom is -0.378 e. The van der Waals surface area contributed by atoms with Gasteiger partial charge in [-0.05, 0) is 56.9 Å². The summed E-state index contributed by atoms with van der Waals surface area (Å²) in [5, 5.41) is 3.22. The van der Waals surface area contributed by atoms with Gasteiger partial charge in [-0.3, -0.25) is 0 Å². The number of nitrogens with zero attached hydrogens (tertiary/aromatic N) is 2. The van der Waals surface area contributed by atoms with Crippen LogP contribution in [0.5, 0.6) is 0 Å². The highest BCUT2D eigenvalue weighted by Crippen LogP contribution is 2.46. The summed E-state index contributed by atoms with van der Waals surface area (Å²) in [5.74, 6) is 0. The largest absolute Gasteiger partial charge is 0.378 e. The molecule has 0 spiro atoms. The van der Waals surface area contributed by atoms with E-state index >= 15 is 0 Å². The maximum atomic E-state index is 2.48. The number of hydrogen-bond donors (Lipinski definition) is 0. The predicted molar refractivity (Wildman–Crippen MR) is 119 cm³/mol. The minimum atomic E-state index is -1.92. The zero-order valence-corrected chi connectivity index (χ0v) is 18.6. The van der Waals surface area contributed by atoms with Crippen LogP contribution in [0, 0.1) is 0 Å². The highest BCUT2D eigenvalue weighted by atomic mass is 28.3. The fourth-order valence-electron chi connectivity index (χ4n) is 4.84. The highest BCUT2D eigenvalue weighted by Gasteiger charge is 2.49. The van der Waals surface area contributed by atoms with Gasteiger partial charge in [-0.2, -0.15) is 0 Å². The second-order valence-electron chi connectivity index (χ2n) is 8.65. The molecule has 1 aliphatic heterocycles. The number of fused-ring (bicyclic) bond motifs is 2. The first kappa shape index (κ1) is 18.9. The van der Waals surface area contributed by atoms with E-state index in [4.69, 9.17) is 0 Å². The van der Waals surface area contributed by atoms with Crippen LogP contribution < -0.4 is 10.1 Å². The summed E-state index contributed by atoms with van der Waals surface area (Å²) in [7, 11) is 6.64. The van der Waals surface area contributed by atoms with E-state index in [1.165, 1.54) is 22.5 Å². The normalized spacial score (nSPS) is 17.7. The molecule has 0 aromatic heterocycles. The summed E-state index contributed by atoms with van der Waals surface area (Å²) in [6.45, 7) is 9.76. The molecule has 1 heterocycles. The van der Waals surface area contributed by atoms with Crippen molar-refractivity contribution < 1.29 is 4.58 Å². The van der Waals surface area contributed by atoms with Crippen molar-refractivity contribution in [1.29, 1.82) is 0 Å². The Hall–Kier alpha value is -1.87. The number of allylic oxidation sites excluding steroid dienone is 5. The lowest BCUT2D eigenvalue weighted by Crippen LogP contribution is -2.58. The molecule has 0 unspecified atom stereocenters. The third-order valence-electron chi connectivity index (χ3n) is 6.13. The van der Waals surface area contributed by atoms with Crippen molar-refractivity contribution in [3.05, 3.63) is 52.8 Å². The zero-order chi connectivity index (χ0) is 19.2. The molecule has 2 aliphatic rings. The van der Waals surface area contributed by atoms with Crippen LogP contribution in [0.4, 0.5) is 5.69 Å². The van der Waals surface area contributed by atoms with Crippen LogP contribution in [-0.4, -0.2) is 46.6 Å². The van der Waals surface area contributed by atoms with Crippen LogP contribution >= 0.6 is 0 Å². The molecule has 3 heteroatoms. The van der Waals surface area contributed by atoms with Gasteiger partial charge < -0.3 is 4.90 Å². The number of hydrogen-bond acceptors (Lipinski definition) is 1. The number of benzene rings is 1. The van der Waals surface area contributed by atoms with Crippen LogP contribution in [-0.2, 0) is 0 Å². The van der Waals surface area contributed by atoms with Crippen molar-refractivity contribution in [2.45, 2.75) is 38.8 Å². The third-order valence-corrected chi connectivity index (χ3v) is 12.4. The molecular weight excluding hydrogens is 332 g/mol. The molecule has 0 atom stereocenters. The Labute approximate surface area is 160 Å². The van der Waals surface area contributed by atoms with Crippen molar-refractivity contribution in [1.82, 2.24) is 0 Å². The Bertz CT molecular complexity index is 839. The van der Waals surface area contributed by atoms with E-state index in [1.54, 1.807) is 10.4 Å². The summed E-state index contributed by atoms with van der Waals surface area (Å²) in [5.41, 5.74) is 6.75. The Morgan fingerprint density at radius 2 is 1.58 bits per heavy atom. The van der Waals surface area contributed by atoms with Crippen molar-refractivity contribution in [3.63, 3.8) is 0 Å². The molecular formula is C23H33N2Si+. The quantitative estimate of drug-likeness (QED) is 0.569. The molecule has 0 N–H and O–H groups in total. The minimum absolute atomic E-state index is 0.642. The Balaban J connectivity index is 2.39. The van der Waals surface area contributed by atoms with Crippen LogP contribution in [0.15, 0.2) is 47.2 Å². The highest BCUT2D eigenvalue weighted by molar-refractivity contribution is 7.01. The topological polar surface area (TPSA) is 6.25 Å². The van der Waals surface area contributed by atoms with Gasteiger partial charge in [0.25, 0.3) is 0 Å². The Kier molecular flexibility index (Phi) is 4.87. The molecule has 0 fully saturated rings. The van der Waals surface area contributed by atoms with Gasteiger partial charge in [0.2, 0.25) is 0 Å². The van der Waals surface area contributed by atoms with E-state index < -0.39 is 8.07 Å². The van der Waals surface area contributed by atoms with Crippen LogP contribution in [0.2, 0.25) is 11.1 Å². The fourth-order valence-corrected chi connectivity index (χ4v) is 11.0. The van der Waals surface area contributed by atoms with Gasteiger partial charge in [0.15, 0.2) is 5.71 Å². The second-order valence-corrected chi connectivity index (χ2v) is 13.8. The summed E-state index contributed by atoms with van der Waals surface area (Å²) in [6.07, 6.45) is 9.47. The SMILES string of the molecule is CC(C)[Si]1(C(C)C)C2=CC(=[N+](C)C)C=CC2=Cc2ccc(N(C)C)cc21. The van der Waals surface area contributed by atoms with Crippen molar-refractivity contribution in [3.8, 4) is 0 Å². The van der Waals surface area contributed by atoms with E-state index in [-0.39, 0.29) is 0 Å². The lowest BCUT2D eigenvalue weighted by atomic mass is 10.0. The standard InChI is InChI=1S/C23H33N2Si/c1-16(2)26(17(3)4)22-14-20(24(5)6)11-9-18(22)13-19-10-12-21(25(7)8)15-23(19)26/h9-17H,1-8H3/q+1. The smallest absolute Gasteiger partial charge is 0.199 e. The fraction of sp³-hybridized carbons (Fsp3) is 0.435. The Morgan fingerprint density at radius 3 is 2.12 bits per heavy atom. The summed E-state index contributed by atoms with van der Waals surface area (Å²) in [4.78, 5) is 2.23. The predicted octanol–water partition coefficient (Wildman–Crippen LogP) is 4.37. The van der Waals surface area contributed by atoms with E-state index in [0.717, 1.165) is 0 Å². The zero-order valence-electron chi connectivity index (χ0n) is 17.6. The van der Waals surface area contributed by atoms with E-state index in [1.807, 2.05) is 0 Å². The van der Waals surface area contributed by atoms with Gasteiger partial charge >= 0.3 is 0 Å². The molecule has 0 amide bonds. The maximum absolute atomic E-state index is 2.48. The van der Waals surface area contributed by atoms with Crippen molar-refractivity contribution in [2.24, 2.45) is 0 Å². The molecule has 138 valence electrons. The average Bonchev–Trinajstić information content (AvgIpc) is 2.57. The van der Waals surface area contributed by atoms with Gasteiger partial charge in [0.1, 0.15) is 22.2 Å². The molecule has 0 saturated carbocycles. The number of rotatable bonds is 3. The van der Waals surface area contributed by atoms with Gasteiger partial charge in [0.05, 0.1) is 0 Å². The molecule has 0 radical (unpaired) electrons. The third kappa shape index (κ3) is 2.73. The Morgan fingerprint density at radius 1 is 0.923 bits per heavy atom. The van der Waals surface area contributed by atoms with Crippen LogP contribution in [0.25, 0.3) is 6.08 Å². The second kappa shape index (κ2) is 6.69. The van der Waals surface area contributed by atoms with Crippen molar-refractivity contribution in [2.75, 3.05) is 33.1 Å². The monoisotopic (exact) mass is 365 g/mol. The average molecular weight is 366 g/mol. The van der Waals surface area contributed by atoms with Gasteiger partial charge in [0, 0.05) is 31.9 Å². The first-order valence-corrected chi connectivity index (χ1v) is 11.8. The molecule has 1 aliphatic carbocycles. The molecule has 0 bridgehead atoms. The number of anilines is 1. The van der Waals surface area contributed by atoms with Gasteiger partial charge in [-0.1, -0.05) is 33.8 Å². The lowest BCUT2D eigenvalue weighted by molar-refractivity contribution is -0.462. The van der Waals surface area contributed by atoms with E-state index in [0.29, 0.717) is 11.1 Å². The molecule has 0 saturated heterocycles. The molecule has 1 aromatic carbocycles. The van der Waals surface area contributed by atoms with Crippen LogP contribution in [0.3, 0.4) is 0 Å². The molecule has 26 heavy (non-hydrogen) atoms. The van der Waals surface area contributed by atoms with E-state index in [9.17, 15) is 0 Å². The van der Waals surface area contributed by atoms with Crippen molar-refractivity contribution >= 4 is 30.7 Å². The van der Waals surface area contributed by atoms with Crippen LogP contribution in [0.1, 0.15) is 33.3 Å². The molecule has 3 rings (SSSR count). The first-order chi connectivity index (χ1) is 12.2. The van der Waals surface area contributed by atoms with E-state index in [2.05, 4.69) is 108 Å². The first-order valence-electron chi connectivity index (χ1n) is 9.68. The summed E-state index contributed by atoms with van der Waals surface area (Å²) < 4.78 is 2.23. The maximum Gasteiger partial charge on any atom is 0.199 e. The summed E-state index contributed by atoms with van der Waals surface area (Å²) in [6, 6.07) is 7.07. The van der Waals surface area contributed by atoms with Gasteiger partial charge in [-0.25, -0.2) is 4.58 Å². The summed E-state index contributed by atoms with van der Waals surface area (Å²) >= 11 is 0. The molecule has 2 nitrogen and oxygen atoms in total. The lowest BCUT2D eigenvalue weighted by Gasteiger charge is -2.46. The molecule has 1 aromatic rings.